The molecule has 2 heterocycles. The molecule has 0 aromatic carbocycles. The number of methoxy groups -OCH3 is 1. The van der Waals surface area contributed by atoms with Crippen LogP contribution < -0.4 is 21.9 Å². The molecule has 4 N–H and O–H groups in total. The van der Waals surface area contributed by atoms with Crippen molar-refractivity contribution in [1.82, 2.24) is 9.55 Å². The summed E-state index contributed by atoms with van der Waals surface area (Å²) in [5.41, 5.74) is 4.30. The third-order valence-corrected chi connectivity index (χ3v) is 3.72. The van der Waals surface area contributed by atoms with Gasteiger partial charge in [0, 0.05) is 20.2 Å². The summed E-state index contributed by atoms with van der Waals surface area (Å²) in [6, 6.07) is 0. The first-order valence-corrected chi connectivity index (χ1v) is 6.94. The van der Waals surface area contributed by atoms with E-state index in [0.29, 0.717) is 26.1 Å². The van der Waals surface area contributed by atoms with Crippen LogP contribution in [0.15, 0.2) is 9.59 Å². The molecule has 0 spiro atoms. The summed E-state index contributed by atoms with van der Waals surface area (Å²) < 4.78 is 6.22. The predicted octanol–water partition coefficient (Wildman–Crippen LogP) is -0.884. The van der Waals surface area contributed by atoms with Gasteiger partial charge in [0.1, 0.15) is 11.5 Å². The number of hydrogen-bond donors (Lipinski definition) is 3. The van der Waals surface area contributed by atoms with Crippen molar-refractivity contribution in [1.29, 1.82) is 0 Å². The average molecular weight is 298 g/mol. The molecule has 1 atom stereocenters. The number of ether oxygens (including phenoxy) is 1. The number of anilines is 2. The molecule has 0 radical (unpaired) electrons. The van der Waals surface area contributed by atoms with Gasteiger partial charge in [-0.1, -0.05) is 0 Å². The summed E-state index contributed by atoms with van der Waals surface area (Å²) in [7, 11) is 1.52. The van der Waals surface area contributed by atoms with Gasteiger partial charge in [-0.25, -0.2) is 4.79 Å². The van der Waals surface area contributed by atoms with Crippen LogP contribution in [0.4, 0.5) is 11.5 Å². The maximum absolute atomic E-state index is 12.1. The molecule has 1 aliphatic heterocycles. The maximum atomic E-state index is 12.1. The highest BCUT2D eigenvalue weighted by Crippen LogP contribution is 2.26. The molecule has 8 heteroatoms. The van der Waals surface area contributed by atoms with Crippen LogP contribution in [-0.4, -0.2) is 47.1 Å². The number of nitrogens with two attached hydrogens (primary N) is 1. The number of β-amino-alcohol motifs (C(OH)–C–C–N with tert-alkyl or cyclic N) is 1. The van der Waals surface area contributed by atoms with E-state index in [1.807, 2.05) is 0 Å². The molecule has 118 valence electrons. The SMILES string of the molecule is COCCn1c(N)c(N2CCCC(C)(O)C2)c(=O)[nH]c1=O. The quantitative estimate of drug-likeness (QED) is 0.665. The minimum absolute atomic E-state index is 0.110. The molecule has 1 unspecified atom stereocenters. The zero-order chi connectivity index (χ0) is 15.6. The first-order valence-electron chi connectivity index (χ1n) is 6.94. The Labute approximate surface area is 122 Å². The average Bonchev–Trinajstić information content (AvgIpc) is 2.37. The number of piperidine rings is 1. The molecule has 1 aromatic rings. The second kappa shape index (κ2) is 5.90. The summed E-state index contributed by atoms with van der Waals surface area (Å²) in [5.74, 6) is 0.110. The van der Waals surface area contributed by atoms with Gasteiger partial charge in [0.2, 0.25) is 0 Å². The molecule has 1 aliphatic rings. The Hall–Kier alpha value is -1.80. The second-order valence-corrected chi connectivity index (χ2v) is 5.66. The third-order valence-electron chi connectivity index (χ3n) is 3.72. The van der Waals surface area contributed by atoms with Crippen LogP contribution in [0.5, 0.6) is 0 Å². The maximum Gasteiger partial charge on any atom is 0.330 e. The van der Waals surface area contributed by atoms with Gasteiger partial charge in [0.15, 0.2) is 0 Å². The summed E-state index contributed by atoms with van der Waals surface area (Å²) in [5, 5.41) is 10.2. The highest BCUT2D eigenvalue weighted by molar-refractivity contribution is 5.62. The van der Waals surface area contributed by atoms with E-state index >= 15 is 0 Å². The molecule has 2 rings (SSSR count). The number of hydrogen-bond acceptors (Lipinski definition) is 6. The first-order chi connectivity index (χ1) is 9.85. The lowest BCUT2D eigenvalue weighted by Gasteiger charge is -2.38. The van der Waals surface area contributed by atoms with Crippen molar-refractivity contribution in [2.75, 3.05) is 37.4 Å². The summed E-state index contributed by atoms with van der Waals surface area (Å²) in [6.07, 6.45) is 1.42. The number of nitrogens with zero attached hydrogens (tertiary/aromatic N) is 2. The number of nitrogens with one attached hydrogen (secondary N) is 1. The Morgan fingerprint density at radius 1 is 1.48 bits per heavy atom. The molecule has 21 heavy (non-hydrogen) atoms. The largest absolute Gasteiger partial charge is 0.388 e. The summed E-state index contributed by atoms with van der Waals surface area (Å²) in [6.45, 7) is 3.22. The molecular weight excluding hydrogens is 276 g/mol. The van der Waals surface area contributed by atoms with Gasteiger partial charge in [-0.05, 0) is 19.8 Å². The van der Waals surface area contributed by atoms with Crippen molar-refractivity contribution < 1.29 is 9.84 Å². The molecule has 0 aliphatic carbocycles. The van der Waals surface area contributed by atoms with E-state index in [4.69, 9.17) is 10.5 Å². The third kappa shape index (κ3) is 3.27. The van der Waals surface area contributed by atoms with E-state index < -0.39 is 16.9 Å². The fourth-order valence-corrected chi connectivity index (χ4v) is 2.70. The van der Waals surface area contributed by atoms with E-state index in [1.54, 1.807) is 11.8 Å². The zero-order valence-electron chi connectivity index (χ0n) is 12.4. The van der Waals surface area contributed by atoms with Crippen molar-refractivity contribution >= 4 is 11.5 Å². The van der Waals surface area contributed by atoms with Crippen LogP contribution in [0, 0.1) is 0 Å². The van der Waals surface area contributed by atoms with E-state index in [2.05, 4.69) is 4.98 Å². The number of H-pyrrole nitrogens is 1. The van der Waals surface area contributed by atoms with E-state index in [-0.39, 0.29) is 18.1 Å². The molecule has 0 bridgehead atoms. The molecular formula is C13H22N4O4. The molecule has 0 saturated carbocycles. The first kappa shape index (κ1) is 15.6. The van der Waals surface area contributed by atoms with Crippen LogP contribution in [0.3, 0.4) is 0 Å². The molecule has 8 nitrogen and oxygen atoms in total. The number of nitrogen functional groups attached to an aromatic ring is 1. The van der Waals surface area contributed by atoms with Crippen LogP contribution in [0.1, 0.15) is 19.8 Å². The summed E-state index contributed by atoms with van der Waals surface area (Å²) in [4.78, 5) is 27.9. The van der Waals surface area contributed by atoms with E-state index in [1.165, 1.54) is 11.7 Å². The van der Waals surface area contributed by atoms with Crippen molar-refractivity contribution in [3.63, 3.8) is 0 Å². The van der Waals surface area contributed by atoms with Crippen LogP contribution in [-0.2, 0) is 11.3 Å². The zero-order valence-corrected chi connectivity index (χ0v) is 12.4. The fraction of sp³-hybridized carbons (Fsp3) is 0.692. The summed E-state index contributed by atoms with van der Waals surface area (Å²) >= 11 is 0. The van der Waals surface area contributed by atoms with Crippen LogP contribution in [0.2, 0.25) is 0 Å². The lowest BCUT2D eigenvalue weighted by molar-refractivity contribution is 0.0448. The minimum atomic E-state index is -0.870. The number of aromatic nitrogens is 2. The van der Waals surface area contributed by atoms with Gasteiger partial charge in [-0.15, -0.1) is 0 Å². The minimum Gasteiger partial charge on any atom is -0.388 e. The Balaban J connectivity index is 2.43. The van der Waals surface area contributed by atoms with Crippen LogP contribution >= 0.6 is 0 Å². The molecule has 1 fully saturated rings. The van der Waals surface area contributed by atoms with Crippen molar-refractivity contribution in [3.8, 4) is 0 Å². The Kier molecular flexibility index (Phi) is 4.38. The number of aliphatic hydroxyl groups is 1. The van der Waals surface area contributed by atoms with E-state index in [9.17, 15) is 14.7 Å². The van der Waals surface area contributed by atoms with Gasteiger partial charge >= 0.3 is 5.69 Å². The van der Waals surface area contributed by atoms with Gasteiger partial charge < -0.3 is 20.5 Å². The van der Waals surface area contributed by atoms with Crippen molar-refractivity contribution in [2.24, 2.45) is 0 Å². The molecule has 1 aromatic heterocycles. The number of rotatable bonds is 4. The lowest BCUT2D eigenvalue weighted by atomic mass is 9.95. The van der Waals surface area contributed by atoms with Gasteiger partial charge in [0.25, 0.3) is 5.56 Å². The van der Waals surface area contributed by atoms with Gasteiger partial charge in [-0.3, -0.25) is 14.3 Å². The number of aromatic amines is 1. The predicted molar refractivity (Wildman–Crippen MR) is 79.7 cm³/mol. The fourth-order valence-electron chi connectivity index (χ4n) is 2.70. The molecule has 0 amide bonds. The molecule has 1 saturated heterocycles. The van der Waals surface area contributed by atoms with Crippen molar-refractivity contribution in [2.45, 2.75) is 31.9 Å². The monoisotopic (exact) mass is 298 g/mol. The van der Waals surface area contributed by atoms with E-state index in [0.717, 1.165) is 6.42 Å². The highest BCUT2D eigenvalue weighted by atomic mass is 16.5. The van der Waals surface area contributed by atoms with Gasteiger partial charge in [-0.2, -0.15) is 0 Å². The second-order valence-electron chi connectivity index (χ2n) is 5.66. The van der Waals surface area contributed by atoms with Crippen molar-refractivity contribution in [3.05, 3.63) is 20.8 Å². The highest BCUT2D eigenvalue weighted by Gasteiger charge is 2.31. The normalized spacial score (nSPS) is 22.5. The smallest absolute Gasteiger partial charge is 0.330 e. The Bertz CT molecular complexity index is 620. The standard InChI is InChI=1S/C13H22N4O4/c1-13(20)4-3-5-16(8-13)9-10(14)17(6-7-21-2)12(19)15-11(9)18/h20H,3-8,14H2,1-2H3,(H,15,18,19). The Morgan fingerprint density at radius 3 is 2.81 bits per heavy atom. The lowest BCUT2D eigenvalue weighted by Crippen LogP contribution is -2.49. The van der Waals surface area contributed by atoms with Gasteiger partial charge in [0.05, 0.1) is 18.8 Å². The Morgan fingerprint density at radius 2 is 2.19 bits per heavy atom. The van der Waals surface area contributed by atoms with Crippen LogP contribution in [0.25, 0.3) is 0 Å². The topological polar surface area (TPSA) is 114 Å².